The highest BCUT2D eigenvalue weighted by Gasteiger charge is 2.10. The molecule has 2 nitrogen and oxygen atoms in total. The third kappa shape index (κ3) is 1.43. The van der Waals surface area contributed by atoms with Gasteiger partial charge in [0.1, 0.15) is 6.73 Å². The first-order chi connectivity index (χ1) is 5.77. The van der Waals surface area contributed by atoms with Crippen molar-refractivity contribution in [1.82, 2.24) is 0 Å². The zero-order valence-electron chi connectivity index (χ0n) is 6.86. The van der Waals surface area contributed by atoms with Crippen molar-refractivity contribution in [2.45, 2.75) is 13.5 Å². The van der Waals surface area contributed by atoms with Gasteiger partial charge in [0.25, 0.3) is 0 Å². The summed E-state index contributed by atoms with van der Waals surface area (Å²) in [5.74, 6) is 0. The van der Waals surface area contributed by atoms with E-state index in [0.29, 0.717) is 6.73 Å². The summed E-state index contributed by atoms with van der Waals surface area (Å²) in [6.07, 6.45) is 0. The van der Waals surface area contributed by atoms with Gasteiger partial charge in [-0.05, 0) is 47.2 Å². The van der Waals surface area contributed by atoms with Crippen LogP contribution in [0.1, 0.15) is 11.1 Å². The number of nitrogens with one attached hydrogen (secondary N) is 1. The third-order valence-corrected chi connectivity index (χ3v) is 2.61. The summed E-state index contributed by atoms with van der Waals surface area (Å²) >= 11 is 2.33. The lowest BCUT2D eigenvalue weighted by Crippen LogP contribution is -2.15. The van der Waals surface area contributed by atoms with Crippen LogP contribution in [0.25, 0.3) is 0 Å². The van der Waals surface area contributed by atoms with Crippen molar-refractivity contribution in [3.8, 4) is 0 Å². The van der Waals surface area contributed by atoms with Crippen LogP contribution in [0, 0.1) is 10.5 Å². The number of rotatable bonds is 0. The highest BCUT2D eigenvalue weighted by molar-refractivity contribution is 14.1. The first kappa shape index (κ1) is 8.31. The molecule has 0 radical (unpaired) electrons. The second-order valence-corrected chi connectivity index (χ2v) is 4.17. The first-order valence-electron chi connectivity index (χ1n) is 3.88. The Bertz CT molecular complexity index is 312. The highest BCUT2D eigenvalue weighted by atomic mass is 127. The van der Waals surface area contributed by atoms with Crippen molar-refractivity contribution in [2.75, 3.05) is 12.0 Å². The van der Waals surface area contributed by atoms with E-state index < -0.39 is 0 Å². The van der Waals surface area contributed by atoms with Gasteiger partial charge >= 0.3 is 0 Å². The summed E-state index contributed by atoms with van der Waals surface area (Å²) < 4.78 is 6.57. The Labute approximate surface area is 85.4 Å². The predicted molar refractivity (Wildman–Crippen MR) is 57.2 cm³/mol. The monoisotopic (exact) mass is 275 g/mol. The molecule has 1 N–H and O–H groups in total. The van der Waals surface area contributed by atoms with E-state index in [-0.39, 0.29) is 0 Å². The van der Waals surface area contributed by atoms with Gasteiger partial charge in [0.05, 0.1) is 6.61 Å². The number of benzene rings is 1. The van der Waals surface area contributed by atoms with Crippen LogP contribution in [-0.4, -0.2) is 6.73 Å². The van der Waals surface area contributed by atoms with Gasteiger partial charge in [-0.15, -0.1) is 0 Å². The molecule has 0 aromatic heterocycles. The molecule has 3 heteroatoms. The molecule has 0 saturated carbocycles. The number of hydrogen-bond donors (Lipinski definition) is 1. The molecule has 1 aliphatic rings. The molecule has 0 spiro atoms. The van der Waals surface area contributed by atoms with Crippen LogP contribution >= 0.6 is 22.6 Å². The number of fused-ring (bicyclic) bond motifs is 1. The largest absolute Gasteiger partial charge is 0.362 e. The summed E-state index contributed by atoms with van der Waals surface area (Å²) in [5.41, 5.74) is 3.83. The maximum atomic E-state index is 5.29. The van der Waals surface area contributed by atoms with Crippen LogP contribution in [0.15, 0.2) is 12.1 Å². The summed E-state index contributed by atoms with van der Waals surface area (Å²) in [6, 6.07) is 4.34. The fourth-order valence-corrected chi connectivity index (χ4v) is 2.31. The van der Waals surface area contributed by atoms with E-state index in [4.69, 9.17) is 4.74 Å². The maximum Gasteiger partial charge on any atom is 0.116 e. The van der Waals surface area contributed by atoms with Crippen molar-refractivity contribution in [2.24, 2.45) is 0 Å². The van der Waals surface area contributed by atoms with Crippen molar-refractivity contribution >= 4 is 28.3 Å². The maximum absolute atomic E-state index is 5.29. The van der Waals surface area contributed by atoms with E-state index in [0.717, 1.165) is 6.61 Å². The van der Waals surface area contributed by atoms with Gasteiger partial charge in [0, 0.05) is 14.8 Å². The van der Waals surface area contributed by atoms with Crippen molar-refractivity contribution < 1.29 is 4.74 Å². The minimum Gasteiger partial charge on any atom is -0.362 e. The van der Waals surface area contributed by atoms with Gasteiger partial charge in [0.2, 0.25) is 0 Å². The number of halogens is 1. The minimum atomic E-state index is 0.633. The van der Waals surface area contributed by atoms with Gasteiger partial charge in [-0.25, -0.2) is 0 Å². The molecule has 12 heavy (non-hydrogen) atoms. The van der Waals surface area contributed by atoms with Crippen LogP contribution in [0.5, 0.6) is 0 Å². The molecule has 0 fully saturated rings. The molecular formula is C9H10INO. The lowest BCUT2D eigenvalue weighted by Gasteiger charge is -2.20. The average Bonchev–Trinajstić information content (AvgIpc) is 2.04. The second kappa shape index (κ2) is 3.22. The third-order valence-electron chi connectivity index (χ3n) is 1.99. The fraction of sp³-hybridized carbons (Fsp3) is 0.333. The number of ether oxygens (including phenoxy) is 1. The summed E-state index contributed by atoms with van der Waals surface area (Å²) in [5, 5.41) is 3.23. The molecular weight excluding hydrogens is 265 g/mol. The Morgan fingerprint density at radius 2 is 2.33 bits per heavy atom. The molecule has 64 valence electrons. The molecule has 0 bridgehead atoms. The van der Waals surface area contributed by atoms with Gasteiger partial charge < -0.3 is 10.1 Å². The zero-order chi connectivity index (χ0) is 8.55. The highest BCUT2D eigenvalue weighted by Crippen LogP contribution is 2.26. The molecule has 0 saturated heterocycles. The van der Waals surface area contributed by atoms with Crippen LogP contribution in [0.4, 0.5) is 5.69 Å². The van der Waals surface area contributed by atoms with Crippen molar-refractivity contribution in [1.29, 1.82) is 0 Å². The quantitative estimate of drug-likeness (QED) is 0.734. The molecule has 0 atom stereocenters. The molecule has 1 aliphatic heterocycles. The van der Waals surface area contributed by atoms with E-state index in [2.05, 4.69) is 47.0 Å². The zero-order valence-corrected chi connectivity index (χ0v) is 9.01. The van der Waals surface area contributed by atoms with Crippen molar-refractivity contribution in [3.63, 3.8) is 0 Å². The molecule has 0 amide bonds. The van der Waals surface area contributed by atoms with Gasteiger partial charge in [0.15, 0.2) is 0 Å². The molecule has 0 aliphatic carbocycles. The Morgan fingerprint density at radius 3 is 3.17 bits per heavy atom. The number of anilines is 1. The first-order valence-corrected chi connectivity index (χ1v) is 4.96. The van der Waals surface area contributed by atoms with E-state index >= 15 is 0 Å². The fourth-order valence-electron chi connectivity index (χ4n) is 1.46. The van der Waals surface area contributed by atoms with Crippen LogP contribution < -0.4 is 5.32 Å². The van der Waals surface area contributed by atoms with Crippen LogP contribution in [0.2, 0.25) is 0 Å². The topological polar surface area (TPSA) is 21.3 Å². The second-order valence-electron chi connectivity index (χ2n) is 2.93. The lowest BCUT2D eigenvalue weighted by atomic mass is 10.1. The molecule has 1 aromatic carbocycles. The van der Waals surface area contributed by atoms with Gasteiger partial charge in [-0.3, -0.25) is 0 Å². The number of hydrogen-bond acceptors (Lipinski definition) is 2. The summed E-state index contributed by atoms with van der Waals surface area (Å²) in [7, 11) is 0. The summed E-state index contributed by atoms with van der Waals surface area (Å²) in [4.78, 5) is 0. The Kier molecular flexibility index (Phi) is 2.23. The Balaban J connectivity index is 2.53. The van der Waals surface area contributed by atoms with Crippen LogP contribution in [0.3, 0.4) is 0 Å². The van der Waals surface area contributed by atoms with E-state index in [1.807, 2.05) is 0 Å². The summed E-state index contributed by atoms with van der Waals surface area (Å²) in [6.45, 7) is 3.49. The predicted octanol–water partition coefficient (Wildman–Crippen LogP) is 2.50. The SMILES string of the molecule is Cc1cc(I)cc2c1NCOC2. The lowest BCUT2D eigenvalue weighted by molar-refractivity contribution is 0.130. The number of aryl methyl sites for hydroxylation is 1. The molecule has 0 unspecified atom stereocenters. The Hall–Kier alpha value is -0.290. The van der Waals surface area contributed by atoms with Crippen LogP contribution in [-0.2, 0) is 11.3 Å². The van der Waals surface area contributed by atoms with E-state index in [9.17, 15) is 0 Å². The average molecular weight is 275 g/mol. The standard InChI is InChI=1S/C9H10INO/c1-6-2-8(10)3-7-4-12-5-11-9(6)7/h2-3,11H,4-5H2,1H3. The normalized spacial score (nSPS) is 15.2. The van der Waals surface area contributed by atoms with Crippen molar-refractivity contribution in [3.05, 3.63) is 26.8 Å². The smallest absolute Gasteiger partial charge is 0.116 e. The van der Waals surface area contributed by atoms with Gasteiger partial charge in [-0.2, -0.15) is 0 Å². The minimum absolute atomic E-state index is 0.633. The molecule has 1 heterocycles. The Morgan fingerprint density at radius 1 is 1.50 bits per heavy atom. The van der Waals surface area contributed by atoms with Gasteiger partial charge in [-0.1, -0.05) is 0 Å². The van der Waals surface area contributed by atoms with E-state index in [1.54, 1.807) is 0 Å². The van der Waals surface area contributed by atoms with E-state index in [1.165, 1.54) is 20.4 Å². The molecule has 1 aromatic rings. The molecule has 2 rings (SSSR count).